The summed E-state index contributed by atoms with van der Waals surface area (Å²) in [6.45, 7) is 5.94. The molecule has 0 spiro atoms. The Bertz CT molecular complexity index is 1050. The summed E-state index contributed by atoms with van der Waals surface area (Å²) in [4.78, 5) is 25.4. The number of urea groups is 1. The number of halogens is 2. The molecule has 1 atom stereocenters. The molecule has 0 fully saturated rings. The van der Waals surface area contributed by atoms with Crippen molar-refractivity contribution in [1.82, 2.24) is 10.6 Å². The molecule has 8 heteroatoms. The number of amides is 2. The maximum atomic E-state index is 13.0. The third-order valence-corrected chi connectivity index (χ3v) is 5.82. The molecule has 0 aliphatic carbocycles. The van der Waals surface area contributed by atoms with E-state index in [0.717, 1.165) is 24.0 Å². The molecule has 1 aliphatic heterocycles. The number of nitrogens with one attached hydrogen (secondary N) is 2. The quantitative estimate of drug-likeness (QED) is 0.403. The van der Waals surface area contributed by atoms with Crippen molar-refractivity contribution in [2.75, 3.05) is 0 Å². The van der Waals surface area contributed by atoms with Crippen molar-refractivity contribution in [3.8, 4) is 5.75 Å². The summed E-state index contributed by atoms with van der Waals surface area (Å²) in [5.41, 5.74) is 2.60. The highest BCUT2D eigenvalue weighted by atomic mass is 35.5. The first-order valence-corrected chi connectivity index (χ1v) is 11.7. The fourth-order valence-corrected chi connectivity index (χ4v) is 3.84. The standard InChI is InChI=1S/C25H28Cl2N2O4/c1-4-5-9-21-22(24(30)33-15(2)3)23(29-25(31)28-21)17-7-6-8-18(13-17)32-14-16-10-11-19(26)20(27)12-16/h6-8,10-13,15,23H,4-5,9,14H2,1-3H3,(H2,28,29,31). The van der Waals surface area contributed by atoms with E-state index in [2.05, 4.69) is 17.6 Å². The van der Waals surface area contributed by atoms with Crippen LogP contribution in [0.4, 0.5) is 4.79 Å². The Morgan fingerprint density at radius 2 is 1.91 bits per heavy atom. The largest absolute Gasteiger partial charge is 0.489 e. The normalized spacial score (nSPS) is 15.8. The lowest BCUT2D eigenvalue weighted by Gasteiger charge is -2.30. The van der Waals surface area contributed by atoms with Gasteiger partial charge in [-0.15, -0.1) is 0 Å². The second-order valence-electron chi connectivity index (χ2n) is 8.09. The van der Waals surface area contributed by atoms with Crippen LogP contribution in [0.2, 0.25) is 10.0 Å². The van der Waals surface area contributed by atoms with E-state index in [1.54, 1.807) is 26.0 Å². The number of hydrogen-bond acceptors (Lipinski definition) is 4. The number of carbonyl (C=O) groups is 2. The van der Waals surface area contributed by atoms with Gasteiger partial charge < -0.3 is 20.1 Å². The first kappa shape index (κ1) is 24.9. The number of benzene rings is 2. The van der Waals surface area contributed by atoms with Gasteiger partial charge in [0.2, 0.25) is 0 Å². The summed E-state index contributed by atoms with van der Waals surface area (Å²) in [5.74, 6) is 0.147. The number of esters is 1. The first-order chi connectivity index (χ1) is 15.8. The van der Waals surface area contributed by atoms with E-state index in [-0.39, 0.29) is 12.1 Å². The molecule has 2 N–H and O–H groups in total. The lowest BCUT2D eigenvalue weighted by molar-refractivity contribution is -0.143. The lowest BCUT2D eigenvalue weighted by atomic mass is 9.93. The van der Waals surface area contributed by atoms with Gasteiger partial charge in [0.15, 0.2) is 0 Å². The number of carbonyl (C=O) groups excluding carboxylic acids is 2. The monoisotopic (exact) mass is 490 g/mol. The average molecular weight is 491 g/mol. The minimum absolute atomic E-state index is 0.281. The van der Waals surface area contributed by atoms with Crippen LogP contribution in [-0.2, 0) is 16.1 Å². The van der Waals surface area contributed by atoms with E-state index in [4.69, 9.17) is 32.7 Å². The van der Waals surface area contributed by atoms with E-state index < -0.39 is 12.0 Å². The predicted molar refractivity (Wildman–Crippen MR) is 129 cm³/mol. The minimum atomic E-state index is -0.648. The highest BCUT2D eigenvalue weighted by molar-refractivity contribution is 6.42. The second kappa shape index (κ2) is 11.4. The Morgan fingerprint density at radius 1 is 1.12 bits per heavy atom. The van der Waals surface area contributed by atoms with Gasteiger partial charge >= 0.3 is 12.0 Å². The highest BCUT2D eigenvalue weighted by Gasteiger charge is 2.34. The molecule has 3 rings (SSSR count). The number of hydrogen-bond donors (Lipinski definition) is 2. The molecule has 6 nitrogen and oxygen atoms in total. The van der Waals surface area contributed by atoms with Gasteiger partial charge in [-0.25, -0.2) is 9.59 Å². The van der Waals surface area contributed by atoms with Crippen LogP contribution in [0.1, 0.15) is 57.2 Å². The smallest absolute Gasteiger partial charge is 0.338 e. The summed E-state index contributed by atoms with van der Waals surface area (Å²) in [6.07, 6.45) is 2.07. The van der Waals surface area contributed by atoms with Gasteiger partial charge in [0.25, 0.3) is 0 Å². The molecule has 2 aromatic carbocycles. The van der Waals surface area contributed by atoms with Crippen LogP contribution in [0.15, 0.2) is 53.7 Å². The van der Waals surface area contributed by atoms with Crippen LogP contribution >= 0.6 is 23.2 Å². The van der Waals surface area contributed by atoms with Crippen LogP contribution in [-0.4, -0.2) is 18.1 Å². The van der Waals surface area contributed by atoms with Crippen molar-refractivity contribution in [3.05, 3.63) is 74.9 Å². The van der Waals surface area contributed by atoms with E-state index in [1.807, 2.05) is 30.3 Å². The summed E-state index contributed by atoms with van der Waals surface area (Å²) >= 11 is 12.1. The topological polar surface area (TPSA) is 76.7 Å². The highest BCUT2D eigenvalue weighted by Crippen LogP contribution is 2.32. The van der Waals surface area contributed by atoms with Gasteiger partial charge in [0, 0.05) is 5.70 Å². The molecular formula is C25H28Cl2N2O4. The van der Waals surface area contributed by atoms with Crippen molar-refractivity contribution >= 4 is 35.2 Å². The lowest BCUT2D eigenvalue weighted by Crippen LogP contribution is -2.46. The van der Waals surface area contributed by atoms with Crippen molar-refractivity contribution in [3.63, 3.8) is 0 Å². The number of rotatable bonds is 9. The second-order valence-corrected chi connectivity index (χ2v) is 8.91. The van der Waals surface area contributed by atoms with E-state index in [9.17, 15) is 9.59 Å². The zero-order valence-electron chi connectivity index (χ0n) is 18.9. The minimum Gasteiger partial charge on any atom is -0.489 e. The fraction of sp³-hybridized carbons (Fsp3) is 0.360. The van der Waals surface area contributed by atoms with Crippen molar-refractivity contribution in [2.45, 2.75) is 58.8 Å². The molecule has 1 aliphatic rings. The molecule has 2 amide bonds. The van der Waals surface area contributed by atoms with Gasteiger partial charge in [0.05, 0.1) is 27.8 Å². The third-order valence-electron chi connectivity index (χ3n) is 5.08. The van der Waals surface area contributed by atoms with Gasteiger partial charge in [-0.3, -0.25) is 0 Å². The van der Waals surface area contributed by atoms with Crippen molar-refractivity contribution < 1.29 is 19.1 Å². The van der Waals surface area contributed by atoms with E-state index in [1.165, 1.54) is 0 Å². The Kier molecular flexibility index (Phi) is 8.64. The van der Waals surface area contributed by atoms with E-state index >= 15 is 0 Å². The first-order valence-electron chi connectivity index (χ1n) is 11.0. The Balaban J connectivity index is 1.88. The molecule has 33 heavy (non-hydrogen) atoms. The average Bonchev–Trinajstić information content (AvgIpc) is 2.77. The third kappa shape index (κ3) is 6.65. The van der Waals surface area contributed by atoms with Crippen LogP contribution in [0.5, 0.6) is 5.75 Å². The number of ether oxygens (including phenoxy) is 2. The van der Waals surface area contributed by atoms with Gasteiger partial charge in [0.1, 0.15) is 12.4 Å². The molecule has 176 valence electrons. The Hall–Kier alpha value is -2.70. The molecule has 0 bridgehead atoms. The molecule has 0 aromatic heterocycles. The van der Waals surface area contributed by atoms with Gasteiger partial charge in [-0.2, -0.15) is 0 Å². The summed E-state index contributed by atoms with van der Waals surface area (Å²) in [7, 11) is 0. The van der Waals surface area contributed by atoms with Crippen molar-refractivity contribution in [1.29, 1.82) is 0 Å². The number of allylic oxidation sites excluding steroid dienone is 1. The van der Waals surface area contributed by atoms with Crippen molar-refractivity contribution in [2.24, 2.45) is 0 Å². The van der Waals surface area contributed by atoms with Crippen LogP contribution < -0.4 is 15.4 Å². The zero-order chi connectivity index (χ0) is 24.0. The molecule has 1 unspecified atom stereocenters. The fourth-order valence-electron chi connectivity index (χ4n) is 3.52. The SMILES string of the molecule is CCCCC1=C(C(=O)OC(C)C)C(c2cccc(OCc3ccc(Cl)c(Cl)c3)c2)NC(=O)N1. The molecular weight excluding hydrogens is 463 g/mol. The van der Waals surface area contributed by atoms with E-state index in [0.29, 0.717) is 40.1 Å². The molecule has 1 heterocycles. The van der Waals surface area contributed by atoms with Crippen LogP contribution in [0.3, 0.4) is 0 Å². The Labute approximate surface area is 204 Å². The summed E-state index contributed by atoms with van der Waals surface area (Å²) in [5, 5.41) is 6.60. The maximum Gasteiger partial charge on any atom is 0.338 e. The Morgan fingerprint density at radius 3 is 2.61 bits per heavy atom. The van der Waals surface area contributed by atoms with Gasteiger partial charge in [-0.1, -0.05) is 54.7 Å². The molecule has 0 radical (unpaired) electrons. The number of unbranched alkanes of at least 4 members (excludes halogenated alkanes) is 1. The molecule has 2 aromatic rings. The van der Waals surface area contributed by atoms with Gasteiger partial charge in [-0.05, 0) is 62.1 Å². The predicted octanol–water partition coefficient (Wildman–Crippen LogP) is 6.32. The van der Waals surface area contributed by atoms with Crippen LogP contribution in [0, 0.1) is 0 Å². The maximum absolute atomic E-state index is 13.0. The molecule has 0 saturated heterocycles. The summed E-state index contributed by atoms with van der Waals surface area (Å²) in [6, 6.07) is 11.6. The zero-order valence-corrected chi connectivity index (χ0v) is 20.4. The van der Waals surface area contributed by atoms with Crippen LogP contribution in [0.25, 0.3) is 0 Å². The summed E-state index contributed by atoms with van der Waals surface area (Å²) < 4.78 is 11.4. The molecule has 0 saturated carbocycles.